The molecule has 0 bridgehead atoms. The summed E-state index contributed by atoms with van der Waals surface area (Å²) < 4.78 is 23.7. The van der Waals surface area contributed by atoms with Gasteiger partial charge in [-0.15, -0.1) is 0 Å². The van der Waals surface area contributed by atoms with E-state index in [-0.39, 0.29) is 17.5 Å². The monoisotopic (exact) mass is 304 g/mol. The molecule has 0 aliphatic carbocycles. The van der Waals surface area contributed by atoms with Crippen LogP contribution >= 0.6 is 15.9 Å². The van der Waals surface area contributed by atoms with E-state index in [2.05, 4.69) is 20.9 Å². The molecule has 0 aromatic carbocycles. The molecule has 0 radical (unpaired) electrons. The van der Waals surface area contributed by atoms with Gasteiger partial charge in [-0.25, -0.2) is 13.4 Å². The molecule has 1 fully saturated rings. The first-order valence-electron chi connectivity index (χ1n) is 5.03. The van der Waals surface area contributed by atoms with Gasteiger partial charge in [0.05, 0.1) is 16.0 Å². The molecule has 2 rings (SSSR count). The van der Waals surface area contributed by atoms with E-state index in [9.17, 15) is 8.42 Å². The minimum absolute atomic E-state index is 0.0381. The normalized spacial score (nSPS) is 23.2. The predicted molar refractivity (Wildman–Crippen MR) is 67.4 cm³/mol. The maximum Gasteiger partial charge on any atom is 0.152 e. The van der Waals surface area contributed by atoms with Crippen LogP contribution in [0.4, 0.5) is 5.82 Å². The van der Waals surface area contributed by atoms with Crippen molar-refractivity contribution in [3.8, 4) is 0 Å². The molecule has 1 saturated heterocycles. The lowest BCUT2D eigenvalue weighted by atomic mass is 10.2. The Morgan fingerprint density at radius 2 is 2.31 bits per heavy atom. The summed E-state index contributed by atoms with van der Waals surface area (Å²) in [6.07, 6.45) is 2.39. The highest BCUT2D eigenvalue weighted by Gasteiger charge is 2.31. The zero-order valence-corrected chi connectivity index (χ0v) is 11.3. The van der Waals surface area contributed by atoms with Crippen LogP contribution in [0.15, 0.2) is 22.8 Å². The molecular weight excluding hydrogens is 292 g/mol. The van der Waals surface area contributed by atoms with E-state index in [0.29, 0.717) is 6.42 Å². The first-order chi connectivity index (χ1) is 7.49. The molecule has 2 heterocycles. The highest BCUT2D eigenvalue weighted by molar-refractivity contribution is 9.10. The summed E-state index contributed by atoms with van der Waals surface area (Å²) in [5.41, 5.74) is 0. The van der Waals surface area contributed by atoms with Gasteiger partial charge >= 0.3 is 0 Å². The molecule has 0 spiro atoms. The van der Waals surface area contributed by atoms with Gasteiger partial charge in [-0.1, -0.05) is 0 Å². The largest absolute Gasteiger partial charge is 0.355 e. The van der Waals surface area contributed by atoms with Gasteiger partial charge < -0.3 is 4.90 Å². The average molecular weight is 305 g/mol. The fourth-order valence-electron chi connectivity index (χ4n) is 1.89. The minimum atomic E-state index is -2.85. The van der Waals surface area contributed by atoms with Crippen LogP contribution in [-0.4, -0.2) is 38.0 Å². The van der Waals surface area contributed by atoms with Crippen LogP contribution in [0.5, 0.6) is 0 Å². The second kappa shape index (κ2) is 4.33. The summed E-state index contributed by atoms with van der Waals surface area (Å²) in [4.78, 5) is 6.19. The number of aromatic nitrogens is 1. The highest BCUT2D eigenvalue weighted by atomic mass is 79.9. The van der Waals surface area contributed by atoms with E-state index in [0.717, 1.165) is 10.3 Å². The summed E-state index contributed by atoms with van der Waals surface area (Å²) in [5.74, 6) is 1.31. The quantitative estimate of drug-likeness (QED) is 0.830. The second-order valence-electron chi connectivity index (χ2n) is 3.98. The van der Waals surface area contributed by atoms with Gasteiger partial charge in [0.25, 0.3) is 0 Å². The van der Waals surface area contributed by atoms with Crippen LogP contribution in [0.2, 0.25) is 0 Å². The lowest BCUT2D eigenvalue weighted by molar-refractivity contribution is 0.600. The van der Waals surface area contributed by atoms with Gasteiger partial charge in [-0.2, -0.15) is 0 Å². The summed E-state index contributed by atoms with van der Waals surface area (Å²) in [6.45, 7) is 0. The molecule has 0 saturated carbocycles. The number of rotatable bonds is 2. The Morgan fingerprint density at radius 3 is 2.88 bits per heavy atom. The number of sulfone groups is 1. The van der Waals surface area contributed by atoms with Gasteiger partial charge in [0.15, 0.2) is 9.84 Å². The van der Waals surface area contributed by atoms with Crippen molar-refractivity contribution in [3.63, 3.8) is 0 Å². The van der Waals surface area contributed by atoms with Gasteiger partial charge in [0, 0.05) is 19.3 Å². The lowest BCUT2D eigenvalue weighted by Crippen LogP contribution is -2.33. The van der Waals surface area contributed by atoms with Gasteiger partial charge in [0.2, 0.25) is 0 Å². The number of halogens is 1. The molecular formula is C10H13BrN2O2S. The van der Waals surface area contributed by atoms with E-state index in [1.54, 1.807) is 6.20 Å². The maximum absolute atomic E-state index is 11.4. The zero-order valence-electron chi connectivity index (χ0n) is 8.93. The summed E-state index contributed by atoms with van der Waals surface area (Å²) >= 11 is 3.42. The predicted octanol–water partition coefficient (Wildman–Crippen LogP) is 1.47. The van der Waals surface area contributed by atoms with E-state index >= 15 is 0 Å². The van der Waals surface area contributed by atoms with Crippen molar-refractivity contribution < 1.29 is 8.42 Å². The molecule has 1 aliphatic rings. The van der Waals surface area contributed by atoms with Crippen LogP contribution in [0.25, 0.3) is 0 Å². The smallest absolute Gasteiger partial charge is 0.152 e. The third kappa shape index (κ3) is 2.38. The zero-order chi connectivity index (χ0) is 11.8. The number of hydrogen-bond donors (Lipinski definition) is 0. The Hall–Kier alpha value is -0.620. The molecule has 88 valence electrons. The van der Waals surface area contributed by atoms with Crippen molar-refractivity contribution in [2.75, 3.05) is 23.5 Å². The Kier molecular flexibility index (Phi) is 3.21. The topological polar surface area (TPSA) is 50.3 Å². The summed E-state index contributed by atoms with van der Waals surface area (Å²) in [6, 6.07) is 3.78. The third-order valence-electron chi connectivity index (χ3n) is 2.83. The molecule has 1 aromatic rings. The number of nitrogens with zero attached hydrogens (tertiary/aromatic N) is 2. The Balaban J connectivity index is 2.21. The Morgan fingerprint density at radius 1 is 1.56 bits per heavy atom. The minimum Gasteiger partial charge on any atom is -0.355 e. The Labute approximate surface area is 104 Å². The van der Waals surface area contributed by atoms with Gasteiger partial charge in [-0.05, 0) is 34.5 Å². The molecule has 0 amide bonds. The van der Waals surface area contributed by atoms with E-state index in [4.69, 9.17) is 0 Å². The molecule has 6 heteroatoms. The number of pyridine rings is 1. The number of anilines is 1. The van der Waals surface area contributed by atoms with Crippen LogP contribution in [0, 0.1) is 0 Å². The maximum atomic E-state index is 11.4. The molecule has 1 aromatic heterocycles. The second-order valence-corrected chi connectivity index (χ2v) is 7.06. The molecule has 1 aliphatic heterocycles. The fourth-order valence-corrected chi connectivity index (χ4v) is 4.20. The molecule has 1 unspecified atom stereocenters. The van der Waals surface area contributed by atoms with Crippen molar-refractivity contribution in [2.45, 2.75) is 12.5 Å². The summed E-state index contributed by atoms with van der Waals surface area (Å²) in [5, 5.41) is 0. The molecule has 1 atom stereocenters. The Bertz CT molecular complexity index is 489. The van der Waals surface area contributed by atoms with Crippen molar-refractivity contribution in [1.82, 2.24) is 4.98 Å². The van der Waals surface area contributed by atoms with Crippen molar-refractivity contribution in [1.29, 1.82) is 0 Å². The van der Waals surface area contributed by atoms with E-state index in [1.165, 1.54) is 0 Å². The SMILES string of the molecule is CN(c1ncccc1Br)C1CCS(=O)(=O)C1. The van der Waals surface area contributed by atoms with Crippen molar-refractivity contribution in [3.05, 3.63) is 22.8 Å². The summed E-state index contributed by atoms with van der Waals surface area (Å²) in [7, 11) is -0.959. The van der Waals surface area contributed by atoms with Crippen LogP contribution in [0.3, 0.4) is 0 Å². The third-order valence-corrected chi connectivity index (χ3v) is 5.20. The highest BCUT2D eigenvalue weighted by Crippen LogP contribution is 2.27. The van der Waals surface area contributed by atoms with Gasteiger partial charge in [-0.3, -0.25) is 0 Å². The molecule has 4 nitrogen and oxygen atoms in total. The number of hydrogen-bond acceptors (Lipinski definition) is 4. The molecule has 16 heavy (non-hydrogen) atoms. The lowest BCUT2D eigenvalue weighted by Gasteiger charge is -2.25. The fraction of sp³-hybridized carbons (Fsp3) is 0.500. The molecule has 0 N–H and O–H groups in total. The van der Waals surface area contributed by atoms with Crippen LogP contribution in [-0.2, 0) is 9.84 Å². The first-order valence-corrected chi connectivity index (χ1v) is 7.65. The van der Waals surface area contributed by atoms with E-state index < -0.39 is 9.84 Å². The standard InChI is InChI=1S/C10H13BrN2O2S/c1-13(8-4-6-16(14,15)7-8)10-9(11)3-2-5-12-10/h2-3,5,8H,4,6-7H2,1H3. The average Bonchev–Trinajstić information content (AvgIpc) is 2.59. The van der Waals surface area contributed by atoms with Crippen LogP contribution < -0.4 is 4.90 Å². The van der Waals surface area contributed by atoms with Gasteiger partial charge in [0.1, 0.15) is 5.82 Å². The van der Waals surface area contributed by atoms with Crippen LogP contribution in [0.1, 0.15) is 6.42 Å². The van der Waals surface area contributed by atoms with Crippen molar-refractivity contribution in [2.24, 2.45) is 0 Å². The van der Waals surface area contributed by atoms with Crippen molar-refractivity contribution >= 4 is 31.6 Å². The van der Waals surface area contributed by atoms with E-state index in [1.807, 2.05) is 24.1 Å². The first kappa shape index (κ1) is 11.9.